The SMILES string of the molecule is COc1ccc2c(c1)CCCC2CNC(=O)c1cnns1. The van der Waals surface area contributed by atoms with Gasteiger partial charge in [-0.25, -0.2) is 0 Å². The standard InChI is InChI=1S/C15H17N3O2S/c1-20-12-5-6-13-10(7-12)3-2-4-11(13)8-16-15(19)14-9-17-18-21-14/h5-7,9,11H,2-4,8H2,1H3,(H,16,19). The number of hydrogen-bond acceptors (Lipinski definition) is 5. The molecule has 1 aromatic carbocycles. The number of aryl methyl sites for hydroxylation is 1. The minimum atomic E-state index is -0.0920. The molecule has 5 nitrogen and oxygen atoms in total. The molecule has 1 heterocycles. The van der Waals surface area contributed by atoms with Gasteiger partial charge in [-0.3, -0.25) is 4.79 Å². The van der Waals surface area contributed by atoms with Crippen LogP contribution in [0.3, 0.4) is 0 Å². The Bertz CT molecular complexity index is 628. The van der Waals surface area contributed by atoms with Crippen LogP contribution in [0.5, 0.6) is 5.75 Å². The Labute approximate surface area is 127 Å². The maximum atomic E-state index is 12.0. The molecular weight excluding hydrogens is 286 g/mol. The minimum Gasteiger partial charge on any atom is -0.497 e. The largest absolute Gasteiger partial charge is 0.497 e. The smallest absolute Gasteiger partial charge is 0.264 e. The van der Waals surface area contributed by atoms with Crippen LogP contribution >= 0.6 is 11.5 Å². The Morgan fingerprint density at radius 3 is 3.19 bits per heavy atom. The number of nitrogens with zero attached hydrogens (tertiary/aromatic N) is 2. The normalized spacial score (nSPS) is 17.1. The molecule has 0 bridgehead atoms. The van der Waals surface area contributed by atoms with Gasteiger partial charge in [0.1, 0.15) is 10.6 Å². The van der Waals surface area contributed by atoms with Gasteiger partial charge in [-0.15, -0.1) is 5.10 Å². The first kappa shape index (κ1) is 14.0. The first-order valence-corrected chi connectivity index (χ1v) is 7.77. The average Bonchev–Trinajstić information content (AvgIpc) is 3.06. The number of aromatic nitrogens is 2. The summed E-state index contributed by atoms with van der Waals surface area (Å²) in [7, 11) is 1.69. The van der Waals surface area contributed by atoms with Crippen LogP contribution in [0.25, 0.3) is 0 Å². The molecule has 1 N–H and O–H groups in total. The summed E-state index contributed by atoms with van der Waals surface area (Å²) in [6, 6.07) is 6.22. The molecule has 1 aromatic heterocycles. The fraction of sp³-hybridized carbons (Fsp3) is 0.400. The Kier molecular flexibility index (Phi) is 4.15. The monoisotopic (exact) mass is 303 g/mol. The molecule has 0 saturated heterocycles. The second kappa shape index (κ2) is 6.22. The number of methoxy groups -OCH3 is 1. The Morgan fingerprint density at radius 1 is 1.52 bits per heavy atom. The van der Waals surface area contributed by atoms with Crippen LogP contribution in [0, 0.1) is 0 Å². The van der Waals surface area contributed by atoms with E-state index in [0.717, 1.165) is 36.5 Å². The van der Waals surface area contributed by atoms with Gasteiger partial charge in [0.2, 0.25) is 0 Å². The fourth-order valence-electron chi connectivity index (χ4n) is 2.80. The number of benzene rings is 1. The molecule has 1 amide bonds. The van der Waals surface area contributed by atoms with E-state index < -0.39 is 0 Å². The first-order chi connectivity index (χ1) is 10.3. The lowest BCUT2D eigenvalue weighted by atomic mass is 9.82. The lowest BCUT2D eigenvalue weighted by Gasteiger charge is -2.26. The van der Waals surface area contributed by atoms with Crippen molar-refractivity contribution in [2.75, 3.05) is 13.7 Å². The lowest BCUT2D eigenvalue weighted by Crippen LogP contribution is -2.29. The van der Waals surface area contributed by atoms with Crippen LogP contribution in [-0.2, 0) is 6.42 Å². The van der Waals surface area contributed by atoms with E-state index in [1.165, 1.54) is 17.3 Å². The van der Waals surface area contributed by atoms with E-state index >= 15 is 0 Å². The number of rotatable bonds is 4. The van der Waals surface area contributed by atoms with Gasteiger partial charge in [0.05, 0.1) is 13.3 Å². The average molecular weight is 303 g/mol. The molecule has 3 rings (SSSR count). The zero-order valence-corrected chi connectivity index (χ0v) is 12.7. The summed E-state index contributed by atoms with van der Waals surface area (Å²) in [6.07, 6.45) is 4.82. The number of hydrogen-bond donors (Lipinski definition) is 1. The Morgan fingerprint density at radius 2 is 2.43 bits per heavy atom. The molecular formula is C15H17N3O2S. The van der Waals surface area contributed by atoms with Crippen molar-refractivity contribution in [2.24, 2.45) is 0 Å². The molecule has 1 unspecified atom stereocenters. The molecule has 0 fully saturated rings. The lowest BCUT2D eigenvalue weighted by molar-refractivity contribution is 0.0954. The maximum Gasteiger partial charge on any atom is 0.264 e. The predicted molar refractivity (Wildman–Crippen MR) is 80.9 cm³/mol. The van der Waals surface area contributed by atoms with Crippen LogP contribution < -0.4 is 10.1 Å². The summed E-state index contributed by atoms with van der Waals surface area (Å²) in [6.45, 7) is 0.649. The van der Waals surface area contributed by atoms with Gasteiger partial charge in [-0.05, 0) is 54.1 Å². The van der Waals surface area contributed by atoms with Gasteiger partial charge in [-0.2, -0.15) is 0 Å². The first-order valence-electron chi connectivity index (χ1n) is 7.00. The second-order valence-corrected chi connectivity index (χ2v) is 5.93. The molecule has 0 spiro atoms. The van der Waals surface area contributed by atoms with Gasteiger partial charge in [0, 0.05) is 12.5 Å². The van der Waals surface area contributed by atoms with Gasteiger partial charge in [0.25, 0.3) is 5.91 Å². The highest BCUT2D eigenvalue weighted by Crippen LogP contribution is 2.33. The fourth-order valence-corrected chi connectivity index (χ4v) is 3.23. The van der Waals surface area contributed by atoms with Crippen molar-refractivity contribution in [1.29, 1.82) is 0 Å². The summed E-state index contributed by atoms with van der Waals surface area (Å²) in [5, 5.41) is 6.67. The number of ether oxygens (including phenoxy) is 1. The van der Waals surface area contributed by atoms with Crippen LogP contribution in [-0.4, -0.2) is 29.1 Å². The topological polar surface area (TPSA) is 64.1 Å². The predicted octanol–water partition coefficient (Wildman–Crippen LogP) is 2.40. The van der Waals surface area contributed by atoms with E-state index in [4.69, 9.17) is 4.74 Å². The van der Waals surface area contributed by atoms with Crippen LogP contribution in [0.15, 0.2) is 24.4 Å². The van der Waals surface area contributed by atoms with E-state index in [9.17, 15) is 4.79 Å². The van der Waals surface area contributed by atoms with Crippen LogP contribution in [0.1, 0.15) is 39.6 Å². The summed E-state index contributed by atoms with van der Waals surface area (Å²) in [5.74, 6) is 1.17. The van der Waals surface area contributed by atoms with Gasteiger partial charge >= 0.3 is 0 Å². The number of carbonyl (C=O) groups excluding carboxylic acids is 1. The number of carbonyl (C=O) groups is 1. The van der Waals surface area contributed by atoms with Crippen LogP contribution in [0.4, 0.5) is 0 Å². The van der Waals surface area contributed by atoms with E-state index in [2.05, 4.69) is 27.0 Å². The second-order valence-electron chi connectivity index (χ2n) is 5.15. The zero-order valence-electron chi connectivity index (χ0n) is 11.8. The molecule has 6 heteroatoms. The molecule has 1 atom stereocenters. The molecule has 110 valence electrons. The van der Waals surface area contributed by atoms with Gasteiger partial charge in [-0.1, -0.05) is 10.6 Å². The number of amides is 1. The molecule has 1 aliphatic carbocycles. The van der Waals surface area contributed by atoms with Crippen molar-refractivity contribution >= 4 is 17.4 Å². The van der Waals surface area contributed by atoms with E-state index in [0.29, 0.717) is 17.3 Å². The van der Waals surface area contributed by atoms with E-state index in [1.54, 1.807) is 7.11 Å². The van der Waals surface area contributed by atoms with Gasteiger partial charge in [0.15, 0.2) is 0 Å². The highest BCUT2D eigenvalue weighted by Gasteiger charge is 2.21. The van der Waals surface area contributed by atoms with Crippen molar-refractivity contribution < 1.29 is 9.53 Å². The molecule has 0 saturated carbocycles. The van der Waals surface area contributed by atoms with E-state index in [1.807, 2.05) is 6.07 Å². The van der Waals surface area contributed by atoms with Crippen molar-refractivity contribution in [3.05, 3.63) is 40.4 Å². The molecule has 0 aliphatic heterocycles. The molecule has 21 heavy (non-hydrogen) atoms. The third kappa shape index (κ3) is 3.05. The quantitative estimate of drug-likeness (QED) is 0.942. The van der Waals surface area contributed by atoms with Crippen molar-refractivity contribution in [2.45, 2.75) is 25.2 Å². The highest BCUT2D eigenvalue weighted by atomic mass is 32.1. The van der Waals surface area contributed by atoms with E-state index in [-0.39, 0.29) is 5.91 Å². The van der Waals surface area contributed by atoms with Gasteiger partial charge < -0.3 is 10.1 Å². The summed E-state index contributed by atoms with van der Waals surface area (Å²) in [5.41, 5.74) is 2.66. The highest BCUT2D eigenvalue weighted by molar-refractivity contribution is 7.07. The number of nitrogens with one attached hydrogen (secondary N) is 1. The summed E-state index contributed by atoms with van der Waals surface area (Å²) < 4.78 is 8.99. The summed E-state index contributed by atoms with van der Waals surface area (Å²) in [4.78, 5) is 12.5. The Hall–Kier alpha value is -1.95. The van der Waals surface area contributed by atoms with Crippen molar-refractivity contribution in [1.82, 2.24) is 14.9 Å². The molecule has 2 aromatic rings. The number of fused-ring (bicyclic) bond motifs is 1. The van der Waals surface area contributed by atoms with Crippen LogP contribution in [0.2, 0.25) is 0 Å². The Balaban J connectivity index is 1.69. The molecule has 0 radical (unpaired) electrons. The van der Waals surface area contributed by atoms with Crippen molar-refractivity contribution in [3.63, 3.8) is 0 Å². The minimum absolute atomic E-state index is 0.0920. The van der Waals surface area contributed by atoms with Crippen molar-refractivity contribution in [3.8, 4) is 5.75 Å². The maximum absolute atomic E-state index is 12.0. The molecule has 1 aliphatic rings. The third-order valence-corrected chi connectivity index (χ3v) is 4.55. The third-order valence-electron chi connectivity index (χ3n) is 3.88. The summed E-state index contributed by atoms with van der Waals surface area (Å²) >= 11 is 1.12. The zero-order chi connectivity index (χ0) is 14.7.